The Morgan fingerprint density at radius 1 is 1.28 bits per heavy atom. The number of aromatic nitrogens is 1. The fourth-order valence-corrected chi connectivity index (χ4v) is 2.88. The Balaban J connectivity index is 1.41. The molecule has 1 aromatic carbocycles. The normalized spacial score (nSPS) is 15.4. The summed E-state index contributed by atoms with van der Waals surface area (Å²) >= 11 is 0. The van der Waals surface area contributed by atoms with Crippen LogP contribution < -0.4 is 10.1 Å². The first-order valence-electron chi connectivity index (χ1n) is 9.03. The lowest BCUT2D eigenvalue weighted by Gasteiger charge is -2.26. The molecule has 1 N–H and O–H groups in total. The highest BCUT2D eigenvalue weighted by Crippen LogP contribution is 2.23. The van der Waals surface area contributed by atoms with Gasteiger partial charge in [0, 0.05) is 25.2 Å². The minimum Gasteiger partial charge on any atom is -0.494 e. The number of nitrogens with one attached hydrogen (secondary N) is 1. The van der Waals surface area contributed by atoms with E-state index in [0.717, 1.165) is 69.4 Å². The molecule has 1 aromatic heterocycles. The fraction of sp³-hybridized carbons (Fsp3) is 0.526. The van der Waals surface area contributed by atoms with Gasteiger partial charge < -0.3 is 19.2 Å². The van der Waals surface area contributed by atoms with Crippen LogP contribution >= 0.6 is 0 Å². The predicted octanol–water partition coefficient (Wildman–Crippen LogP) is 2.55. The summed E-state index contributed by atoms with van der Waals surface area (Å²) in [6.07, 6.45) is 2.85. The SMILES string of the molecule is CCOc1cccc(-c2nc(CNCCCN3CCOCC3)co2)c1. The summed E-state index contributed by atoms with van der Waals surface area (Å²) in [5, 5.41) is 3.43. The van der Waals surface area contributed by atoms with Gasteiger partial charge in [0.25, 0.3) is 0 Å². The van der Waals surface area contributed by atoms with Gasteiger partial charge in [-0.15, -0.1) is 0 Å². The van der Waals surface area contributed by atoms with Crippen LogP contribution in [0.4, 0.5) is 0 Å². The van der Waals surface area contributed by atoms with Crippen molar-refractivity contribution in [1.29, 1.82) is 0 Å². The van der Waals surface area contributed by atoms with E-state index >= 15 is 0 Å². The lowest BCUT2D eigenvalue weighted by Crippen LogP contribution is -2.37. The lowest BCUT2D eigenvalue weighted by molar-refractivity contribution is 0.0374. The number of rotatable bonds is 9. The summed E-state index contributed by atoms with van der Waals surface area (Å²) in [6, 6.07) is 7.82. The predicted molar refractivity (Wildman–Crippen MR) is 96.7 cm³/mol. The number of hydrogen-bond acceptors (Lipinski definition) is 6. The Labute approximate surface area is 149 Å². The smallest absolute Gasteiger partial charge is 0.226 e. The van der Waals surface area contributed by atoms with E-state index < -0.39 is 0 Å². The minimum absolute atomic E-state index is 0.631. The zero-order chi connectivity index (χ0) is 17.3. The maximum Gasteiger partial charge on any atom is 0.226 e. The van der Waals surface area contributed by atoms with Crippen LogP contribution in [0.1, 0.15) is 19.0 Å². The van der Waals surface area contributed by atoms with Crippen molar-refractivity contribution in [3.05, 3.63) is 36.2 Å². The average molecular weight is 345 g/mol. The van der Waals surface area contributed by atoms with Crippen LogP contribution in [0.5, 0.6) is 5.75 Å². The van der Waals surface area contributed by atoms with Crippen LogP contribution in [0.15, 0.2) is 34.9 Å². The van der Waals surface area contributed by atoms with Gasteiger partial charge in [0.1, 0.15) is 12.0 Å². The molecule has 2 aromatic rings. The molecule has 1 aliphatic heterocycles. The van der Waals surface area contributed by atoms with Crippen molar-refractivity contribution in [3.63, 3.8) is 0 Å². The van der Waals surface area contributed by atoms with Gasteiger partial charge in [-0.1, -0.05) is 6.07 Å². The molecule has 3 rings (SSSR count). The second-order valence-electron chi connectivity index (χ2n) is 6.09. The molecule has 0 spiro atoms. The zero-order valence-electron chi connectivity index (χ0n) is 14.9. The molecular weight excluding hydrogens is 318 g/mol. The quantitative estimate of drug-likeness (QED) is 0.705. The van der Waals surface area contributed by atoms with Crippen LogP contribution in [-0.2, 0) is 11.3 Å². The third kappa shape index (κ3) is 5.56. The maximum absolute atomic E-state index is 5.61. The summed E-state index contributed by atoms with van der Waals surface area (Å²) in [6.45, 7) is 9.25. The molecular formula is C19H27N3O3. The molecule has 0 atom stereocenters. The fourth-order valence-electron chi connectivity index (χ4n) is 2.88. The van der Waals surface area contributed by atoms with E-state index in [4.69, 9.17) is 13.9 Å². The van der Waals surface area contributed by atoms with Crippen molar-refractivity contribution in [1.82, 2.24) is 15.2 Å². The molecule has 1 saturated heterocycles. The van der Waals surface area contributed by atoms with Gasteiger partial charge >= 0.3 is 0 Å². The number of benzene rings is 1. The molecule has 1 fully saturated rings. The number of nitrogens with zero attached hydrogens (tertiary/aromatic N) is 2. The standard InChI is InChI=1S/C19H27N3O3/c1-2-24-18-6-3-5-16(13-18)19-21-17(15-25-19)14-20-7-4-8-22-9-11-23-12-10-22/h3,5-6,13,15,20H,2,4,7-12,14H2,1H3. The molecule has 136 valence electrons. The molecule has 2 heterocycles. The van der Waals surface area contributed by atoms with Gasteiger partial charge in [0.2, 0.25) is 5.89 Å². The molecule has 0 saturated carbocycles. The first-order valence-corrected chi connectivity index (χ1v) is 9.03. The van der Waals surface area contributed by atoms with Gasteiger partial charge in [-0.25, -0.2) is 4.98 Å². The van der Waals surface area contributed by atoms with Crippen LogP contribution in [0.2, 0.25) is 0 Å². The van der Waals surface area contributed by atoms with E-state index in [1.54, 1.807) is 6.26 Å². The van der Waals surface area contributed by atoms with Crippen molar-refractivity contribution >= 4 is 0 Å². The van der Waals surface area contributed by atoms with Gasteiger partial charge in [0.05, 0.1) is 25.5 Å². The molecule has 6 heteroatoms. The van der Waals surface area contributed by atoms with E-state index in [1.807, 2.05) is 31.2 Å². The Bertz CT molecular complexity index is 638. The van der Waals surface area contributed by atoms with Crippen LogP contribution in [0.3, 0.4) is 0 Å². The first-order chi connectivity index (χ1) is 12.3. The Kier molecular flexibility index (Phi) is 6.85. The molecule has 0 bridgehead atoms. The second-order valence-corrected chi connectivity index (χ2v) is 6.09. The maximum atomic E-state index is 5.61. The average Bonchev–Trinajstić information content (AvgIpc) is 3.12. The Morgan fingerprint density at radius 2 is 2.16 bits per heavy atom. The number of hydrogen-bond donors (Lipinski definition) is 1. The molecule has 25 heavy (non-hydrogen) atoms. The monoisotopic (exact) mass is 345 g/mol. The van der Waals surface area contributed by atoms with E-state index in [-0.39, 0.29) is 0 Å². The largest absolute Gasteiger partial charge is 0.494 e. The highest BCUT2D eigenvalue weighted by molar-refractivity contribution is 5.55. The second kappa shape index (κ2) is 9.56. The molecule has 6 nitrogen and oxygen atoms in total. The first kappa shape index (κ1) is 17.9. The van der Waals surface area contributed by atoms with Crippen molar-refractivity contribution in [2.24, 2.45) is 0 Å². The van der Waals surface area contributed by atoms with E-state index in [0.29, 0.717) is 12.5 Å². The summed E-state index contributed by atoms with van der Waals surface area (Å²) in [5.41, 5.74) is 1.85. The molecule has 0 unspecified atom stereocenters. The number of ether oxygens (including phenoxy) is 2. The zero-order valence-corrected chi connectivity index (χ0v) is 14.9. The minimum atomic E-state index is 0.631. The van der Waals surface area contributed by atoms with Crippen LogP contribution in [-0.4, -0.2) is 55.9 Å². The third-order valence-corrected chi connectivity index (χ3v) is 4.18. The van der Waals surface area contributed by atoms with Crippen molar-refractivity contribution in [3.8, 4) is 17.2 Å². The lowest BCUT2D eigenvalue weighted by atomic mass is 10.2. The highest BCUT2D eigenvalue weighted by atomic mass is 16.5. The molecule has 0 radical (unpaired) electrons. The van der Waals surface area contributed by atoms with E-state index in [1.165, 1.54) is 0 Å². The van der Waals surface area contributed by atoms with Crippen molar-refractivity contribution in [2.45, 2.75) is 19.9 Å². The summed E-state index contributed by atoms with van der Waals surface area (Å²) in [7, 11) is 0. The Morgan fingerprint density at radius 3 is 3.00 bits per heavy atom. The number of oxazole rings is 1. The number of morpholine rings is 1. The Hall–Kier alpha value is -1.89. The van der Waals surface area contributed by atoms with Gasteiger partial charge in [-0.2, -0.15) is 0 Å². The van der Waals surface area contributed by atoms with Gasteiger partial charge in [0.15, 0.2) is 0 Å². The van der Waals surface area contributed by atoms with Crippen molar-refractivity contribution < 1.29 is 13.9 Å². The van der Waals surface area contributed by atoms with E-state index in [2.05, 4.69) is 15.2 Å². The van der Waals surface area contributed by atoms with Crippen LogP contribution in [0.25, 0.3) is 11.5 Å². The van der Waals surface area contributed by atoms with Crippen molar-refractivity contribution in [2.75, 3.05) is 46.0 Å². The summed E-state index contributed by atoms with van der Waals surface area (Å²) in [4.78, 5) is 7.01. The third-order valence-electron chi connectivity index (χ3n) is 4.18. The van der Waals surface area contributed by atoms with Crippen LogP contribution in [0, 0.1) is 0 Å². The van der Waals surface area contributed by atoms with E-state index in [9.17, 15) is 0 Å². The highest BCUT2D eigenvalue weighted by Gasteiger charge is 2.10. The summed E-state index contributed by atoms with van der Waals surface area (Å²) < 4.78 is 16.5. The molecule has 0 amide bonds. The van der Waals surface area contributed by atoms with Gasteiger partial charge in [-0.3, -0.25) is 4.90 Å². The molecule has 1 aliphatic rings. The topological polar surface area (TPSA) is 59.8 Å². The van der Waals surface area contributed by atoms with Gasteiger partial charge in [-0.05, 0) is 44.6 Å². The summed E-state index contributed by atoms with van der Waals surface area (Å²) in [5.74, 6) is 1.47. The molecule has 0 aliphatic carbocycles.